The summed E-state index contributed by atoms with van der Waals surface area (Å²) in [6.45, 7) is 9.91. The maximum Gasteiger partial charge on any atom is 0.417 e. The first-order valence-electron chi connectivity index (χ1n) is 11.4. The van der Waals surface area contributed by atoms with Gasteiger partial charge in [-0.2, -0.15) is 13.2 Å². The third-order valence-corrected chi connectivity index (χ3v) is 4.89. The van der Waals surface area contributed by atoms with Crippen LogP contribution in [0.4, 0.5) is 17.6 Å². The molecule has 4 rings (SSSR count). The minimum Gasteiger partial charge on any atom is -0.388 e. The number of nitrogens with two attached hydrogens (primary N) is 1. The molecule has 1 unspecified atom stereocenters. The number of hydrogen-bond donors (Lipinski definition) is 3. The van der Waals surface area contributed by atoms with Crippen LogP contribution in [0.25, 0.3) is 16.7 Å². The van der Waals surface area contributed by atoms with Gasteiger partial charge >= 0.3 is 6.18 Å². The van der Waals surface area contributed by atoms with Crippen molar-refractivity contribution in [2.24, 2.45) is 5.73 Å². The van der Waals surface area contributed by atoms with E-state index in [2.05, 4.69) is 15.3 Å². The fraction of sp³-hybridized carbons (Fsp3) is 0.458. The molecule has 0 saturated carbocycles. The lowest BCUT2D eigenvalue weighted by atomic mass is 10.1. The molecule has 8 nitrogen and oxygen atoms in total. The Balaban J connectivity index is 0.000000295. The van der Waals surface area contributed by atoms with Crippen molar-refractivity contribution in [3.63, 3.8) is 0 Å². The molecule has 1 atom stereocenters. The van der Waals surface area contributed by atoms with Crippen molar-refractivity contribution in [2.75, 3.05) is 19.7 Å². The van der Waals surface area contributed by atoms with Crippen LogP contribution in [0.5, 0.6) is 0 Å². The maximum atomic E-state index is 14.0. The number of halogens is 4. The van der Waals surface area contributed by atoms with Crippen molar-refractivity contribution in [1.29, 1.82) is 0 Å². The summed E-state index contributed by atoms with van der Waals surface area (Å²) in [5.74, 6) is -2.25. The van der Waals surface area contributed by atoms with Crippen LogP contribution in [-0.4, -0.2) is 57.0 Å². The topological polar surface area (TPSA) is 115 Å². The maximum absolute atomic E-state index is 14.0. The summed E-state index contributed by atoms with van der Waals surface area (Å²) >= 11 is 0. The molecule has 0 bridgehead atoms. The number of rotatable bonds is 5. The van der Waals surface area contributed by atoms with Crippen molar-refractivity contribution in [3.8, 4) is 5.82 Å². The van der Waals surface area contributed by atoms with E-state index >= 15 is 0 Å². The monoisotopic (exact) mass is 513 g/mol. The quantitative estimate of drug-likeness (QED) is 0.447. The molecule has 3 aromatic rings. The van der Waals surface area contributed by atoms with Crippen LogP contribution in [0, 0.1) is 5.82 Å². The average Bonchev–Trinajstić information content (AvgIpc) is 3.48. The van der Waals surface area contributed by atoms with Gasteiger partial charge in [0.25, 0.3) is 5.91 Å². The number of carbonyl (C=O) groups excluding carboxylic acids is 1. The Labute approximate surface area is 206 Å². The normalized spacial score (nSPS) is 15.6. The fourth-order valence-electron chi connectivity index (χ4n) is 3.20. The molecule has 36 heavy (non-hydrogen) atoms. The molecule has 0 aromatic carbocycles. The second-order valence-electron chi connectivity index (χ2n) is 8.44. The largest absolute Gasteiger partial charge is 0.417 e. The molecular weight excluding hydrogens is 482 g/mol. The molecule has 198 valence electrons. The van der Waals surface area contributed by atoms with Crippen molar-refractivity contribution in [3.05, 3.63) is 53.9 Å². The SMILES string of the molecule is CC.CC(C)(O)COC1CCNC1.NC(=O)c1cc2c(ccn2-c2ncc(C(F)(F)F)cc2F)cn1. The standard InChI is InChI=1S/C14H8F4N4O.C8H17NO2.C2H6/c15-9-3-8(14(16,17)18)6-21-13(9)22-2-1-7-5-20-10(12(19)23)4-11(7)22;1-8(2,10)6-11-7-3-4-9-5-7;1-2/h1-6H,(H2,19,23);7,9-10H,3-6H2,1-2H3;1-2H3. The molecule has 4 heterocycles. The van der Waals surface area contributed by atoms with E-state index in [4.69, 9.17) is 10.5 Å². The van der Waals surface area contributed by atoms with Gasteiger partial charge in [-0.1, -0.05) is 13.8 Å². The number of carbonyl (C=O) groups is 1. The van der Waals surface area contributed by atoms with Crippen LogP contribution >= 0.6 is 0 Å². The summed E-state index contributed by atoms with van der Waals surface area (Å²) in [5.41, 5.74) is 3.55. The summed E-state index contributed by atoms with van der Waals surface area (Å²) < 4.78 is 58.4. The highest BCUT2D eigenvalue weighted by Gasteiger charge is 2.32. The third-order valence-electron chi connectivity index (χ3n) is 4.89. The van der Waals surface area contributed by atoms with E-state index in [1.807, 2.05) is 13.8 Å². The summed E-state index contributed by atoms with van der Waals surface area (Å²) in [6.07, 6.45) is -0.00423. The number of aromatic nitrogens is 3. The lowest BCUT2D eigenvalue weighted by Gasteiger charge is -2.19. The Kier molecular flexibility index (Phi) is 9.91. The number of alkyl halides is 3. The number of fused-ring (bicyclic) bond motifs is 1. The zero-order valence-corrected chi connectivity index (χ0v) is 20.6. The highest BCUT2D eigenvalue weighted by Crippen LogP contribution is 2.30. The van der Waals surface area contributed by atoms with E-state index in [0.717, 1.165) is 19.5 Å². The Morgan fingerprint density at radius 2 is 1.94 bits per heavy atom. The number of pyridine rings is 2. The summed E-state index contributed by atoms with van der Waals surface area (Å²) in [5, 5.41) is 13.1. The first-order chi connectivity index (χ1) is 16.8. The Hall–Kier alpha value is -3.09. The Morgan fingerprint density at radius 1 is 1.25 bits per heavy atom. The summed E-state index contributed by atoms with van der Waals surface area (Å²) in [4.78, 5) is 18.5. The number of aliphatic hydroxyl groups is 1. The van der Waals surface area contributed by atoms with Crippen LogP contribution in [0.15, 0.2) is 36.8 Å². The molecule has 0 aliphatic carbocycles. The van der Waals surface area contributed by atoms with E-state index in [-0.39, 0.29) is 11.5 Å². The number of primary amides is 1. The molecular formula is C24H31F4N5O3. The van der Waals surface area contributed by atoms with Gasteiger partial charge in [0.15, 0.2) is 11.6 Å². The number of hydrogen-bond acceptors (Lipinski definition) is 6. The molecule has 1 saturated heterocycles. The van der Waals surface area contributed by atoms with E-state index in [1.54, 1.807) is 19.9 Å². The number of amides is 1. The first kappa shape index (κ1) is 29.1. The number of ether oxygens (including phenoxy) is 1. The molecule has 1 fully saturated rings. The van der Waals surface area contributed by atoms with E-state index in [9.17, 15) is 27.5 Å². The molecule has 1 aliphatic heterocycles. The van der Waals surface area contributed by atoms with Gasteiger partial charge in [-0.15, -0.1) is 0 Å². The molecule has 1 aliphatic rings. The van der Waals surface area contributed by atoms with Crippen molar-refractivity contribution >= 4 is 16.8 Å². The highest BCUT2D eigenvalue weighted by molar-refractivity contribution is 5.94. The summed E-state index contributed by atoms with van der Waals surface area (Å²) in [7, 11) is 0. The van der Waals surface area contributed by atoms with E-state index < -0.39 is 29.1 Å². The van der Waals surface area contributed by atoms with Gasteiger partial charge in [0.1, 0.15) is 5.69 Å². The Morgan fingerprint density at radius 3 is 2.47 bits per heavy atom. The van der Waals surface area contributed by atoms with Crippen LogP contribution in [-0.2, 0) is 10.9 Å². The van der Waals surface area contributed by atoms with Gasteiger partial charge in [-0.3, -0.25) is 14.3 Å². The second kappa shape index (κ2) is 12.2. The first-order valence-corrected chi connectivity index (χ1v) is 11.4. The highest BCUT2D eigenvalue weighted by atomic mass is 19.4. The number of nitrogens with one attached hydrogen (secondary N) is 1. The lowest BCUT2D eigenvalue weighted by molar-refractivity contribution is -0.138. The predicted molar refractivity (Wildman–Crippen MR) is 127 cm³/mol. The molecule has 12 heteroatoms. The predicted octanol–water partition coefficient (Wildman–Crippen LogP) is 3.84. The van der Waals surface area contributed by atoms with Crippen molar-refractivity contribution < 1.29 is 32.2 Å². The third kappa shape index (κ3) is 7.97. The molecule has 4 N–H and O–H groups in total. The van der Waals surface area contributed by atoms with E-state index in [1.165, 1.54) is 23.0 Å². The van der Waals surface area contributed by atoms with Crippen molar-refractivity contribution in [1.82, 2.24) is 19.9 Å². The van der Waals surface area contributed by atoms with E-state index in [0.29, 0.717) is 35.9 Å². The fourth-order valence-corrected chi connectivity index (χ4v) is 3.20. The second-order valence-corrected chi connectivity index (χ2v) is 8.44. The minimum absolute atomic E-state index is 0.0511. The van der Waals surface area contributed by atoms with Crippen LogP contribution < -0.4 is 11.1 Å². The molecule has 0 radical (unpaired) electrons. The Bertz CT molecular complexity index is 1150. The molecule has 3 aromatic heterocycles. The van der Waals surface area contributed by atoms with Crippen LogP contribution in [0.2, 0.25) is 0 Å². The van der Waals surface area contributed by atoms with Gasteiger partial charge in [0, 0.05) is 30.5 Å². The molecule has 1 amide bonds. The summed E-state index contributed by atoms with van der Waals surface area (Å²) in [6, 6.07) is 3.24. The van der Waals surface area contributed by atoms with Crippen LogP contribution in [0.1, 0.15) is 50.2 Å². The van der Waals surface area contributed by atoms with Gasteiger partial charge < -0.3 is 20.9 Å². The average molecular weight is 514 g/mol. The van der Waals surface area contributed by atoms with Crippen molar-refractivity contribution in [2.45, 2.75) is 52.0 Å². The number of nitrogens with zero attached hydrogens (tertiary/aromatic N) is 3. The van der Waals surface area contributed by atoms with Gasteiger partial charge in [0.2, 0.25) is 0 Å². The smallest absolute Gasteiger partial charge is 0.388 e. The van der Waals surface area contributed by atoms with Gasteiger partial charge in [0.05, 0.1) is 29.4 Å². The lowest BCUT2D eigenvalue weighted by Crippen LogP contribution is -2.30. The minimum atomic E-state index is -4.69. The van der Waals surface area contributed by atoms with Gasteiger partial charge in [-0.25, -0.2) is 9.37 Å². The van der Waals surface area contributed by atoms with Gasteiger partial charge in [-0.05, 0) is 45.0 Å². The zero-order valence-electron chi connectivity index (χ0n) is 20.6. The van der Waals surface area contributed by atoms with Crippen LogP contribution in [0.3, 0.4) is 0 Å². The zero-order chi connectivity index (χ0) is 27.1. The molecule has 0 spiro atoms.